The molecule has 0 atom stereocenters. The maximum Gasteiger partial charge on any atom is 0.417 e. The number of anilines is 1. The molecule has 0 saturated carbocycles. The molecule has 3 aromatic heterocycles. The fraction of sp³-hybridized carbons (Fsp3) is 0.250. The van der Waals surface area contributed by atoms with Crippen molar-refractivity contribution in [1.82, 2.24) is 25.0 Å². The van der Waals surface area contributed by atoms with Crippen LogP contribution in [0.25, 0.3) is 5.82 Å². The van der Waals surface area contributed by atoms with Crippen LogP contribution in [0.5, 0.6) is 0 Å². The summed E-state index contributed by atoms with van der Waals surface area (Å²) >= 11 is 6.07. The van der Waals surface area contributed by atoms with Crippen LogP contribution in [-0.2, 0) is 12.6 Å². The molecular weight excluding hydrogens is 385 g/mol. The number of nitrogens with one attached hydrogen (secondary N) is 2. The largest absolute Gasteiger partial charge is 0.417 e. The Balaban J connectivity index is 1.70. The van der Waals surface area contributed by atoms with Crippen LogP contribution >= 0.6 is 11.6 Å². The van der Waals surface area contributed by atoms with Crippen molar-refractivity contribution in [3.63, 3.8) is 0 Å². The van der Waals surface area contributed by atoms with Crippen LogP contribution in [0.1, 0.15) is 17.7 Å². The molecule has 0 radical (unpaired) electrons. The molecule has 0 fully saturated rings. The smallest absolute Gasteiger partial charge is 0.382 e. The number of aryl methyl sites for hydroxylation is 1. The first-order valence-electron chi connectivity index (χ1n) is 7.90. The predicted octanol–water partition coefficient (Wildman–Crippen LogP) is 3.07. The highest BCUT2D eigenvalue weighted by Crippen LogP contribution is 2.28. The lowest BCUT2D eigenvalue weighted by atomic mass is 10.2. The van der Waals surface area contributed by atoms with E-state index in [0.717, 1.165) is 35.4 Å². The summed E-state index contributed by atoms with van der Waals surface area (Å²) in [5, 5.41) is 13.5. The number of rotatable bonds is 6. The normalized spacial score (nSPS) is 11.6. The fourth-order valence-electron chi connectivity index (χ4n) is 2.32. The zero-order valence-electron chi connectivity index (χ0n) is 13.8. The van der Waals surface area contributed by atoms with E-state index in [1.165, 1.54) is 6.20 Å². The summed E-state index contributed by atoms with van der Waals surface area (Å²) in [6.45, 7) is 0.544. The molecular formula is C16H14ClF3N6O. The molecule has 3 aromatic rings. The third-order valence-corrected chi connectivity index (χ3v) is 4.07. The van der Waals surface area contributed by atoms with E-state index in [9.17, 15) is 18.0 Å². The van der Waals surface area contributed by atoms with Crippen molar-refractivity contribution in [2.24, 2.45) is 0 Å². The molecule has 0 saturated heterocycles. The molecule has 27 heavy (non-hydrogen) atoms. The summed E-state index contributed by atoms with van der Waals surface area (Å²) in [5.74, 6) is -0.0549. The van der Waals surface area contributed by atoms with Gasteiger partial charge in [0, 0.05) is 24.6 Å². The summed E-state index contributed by atoms with van der Waals surface area (Å²) in [4.78, 5) is 16.0. The zero-order chi connectivity index (χ0) is 19.4. The number of nitrogens with zero attached hydrogens (tertiary/aromatic N) is 4. The Labute approximate surface area is 156 Å². The van der Waals surface area contributed by atoms with Gasteiger partial charge in [0.25, 0.3) is 5.56 Å². The quantitative estimate of drug-likeness (QED) is 0.623. The molecule has 0 aliphatic heterocycles. The van der Waals surface area contributed by atoms with E-state index < -0.39 is 17.3 Å². The average molecular weight is 399 g/mol. The van der Waals surface area contributed by atoms with Gasteiger partial charge in [0.15, 0.2) is 5.82 Å². The molecule has 0 bridgehead atoms. The van der Waals surface area contributed by atoms with Gasteiger partial charge in [-0.05, 0) is 31.0 Å². The summed E-state index contributed by atoms with van der Waals surface area (Å²) in [6, 6.07) is 3.75. The van der Waals surface area contributed by atoms with Crippen molar-refractivity contribution in [3.05, 3.63) is 63.4 Å². The SMILES string of the molecule is O=c1c(Cl)c(NCCCc2ccn[nH]2)cnn1-c1ccc(C(F)(F)F)cn1. The Kier molecular flexibility index (Phi) is 5.45. The highest BCUT2D eigenvalue weighted by Gasteiger charge is 2.30. The van der Waals surface area contributed by atoms with Crippen molar-refractivity contribution >= 4 is 17.3 Å². The summed E-state index contributed by atoms with van der Waals surface area (Å²) in [5.41, 5.74) is -0.261. The van der Waals surface area contributed by atoms with E-state index in [0.29, 0.717) is 18.4 Å². The van der Waals surface area contributed by atoms with E-state index in [1.54, 1.807) is 6.20 Å². The van der Waals surface area contributed by atoms with Crippen LogP contribution in [0, 0.1) is 0 Å². The van der Waals surface area contributed by atoms with Crippen molar-refractivity contribution in [3.8, 4) is 5.82 Å². The number of hydrogen-bond donors (Lipinski definition) is 2. The van der Waals surface area contributed by atoms with Gasteiger partial charge < -0.3 is 5.32 Å². The Bertz CT molecular complexity index is 954. The second-order valence-electron chi connectivity index (χ2n) is 5.60. The van der Waals surface area contributed by atoms with E-state index >= 15 is 0 Å². The third-order valence-electron chi connectivity index (χ3n) is 3.71. The van der Waals surface area contributed by atoms with Crippen LogP contribution in [0.3, 0.4) is 0 Å². The van der Waals surface area contributed by atoms with E-state index in [4.69, 9.17) is 11.6 Å². The minimum atomic E-state index is -4.51. The van der Waals surface area contributed by atoms with Crippen LogP contribution in [-0.4, -0.2) is 31.5 Å². The summed E-state index contributed by atoms with van der Waals surface area (Å²) in [6.07, 6.45) is 0.662. The lowest BCUT2D eigenvalue weighted by molar-refractivity contribution is -0.137. The van der Waals surface area contributed by atoms with Gasteiger partial charge in [0.2, 0.25) is 0 Å². The lowest BCUT2D eigenvalue weighted by Gasteiger charge is -2.10. The number of alkyl halides is 3. The van der Waals surface area contributed by atoms with E-state index in [2.05, 4.69) is 25.6 Å². The van der Waals surface area contributed by atoms with Gasteiger partial charge in [0.05, 0.1) is 17.4 Å². The zero-order valence-corrected chi connectivity index (χ0v) is 14.6. The van der Waals surface area contributed by atoms with E-state index in [1.807, 2.05) is 6.07 Å². The van der Waals surface area contributed by atoms with Gasteiger partial charge >= 0.3 is 6.18 Å². The Hall–Kier alpha value is -2.88. The summed E-state index contributed by atoms with van der Waals surface area (Å²) in [7, 11) is 0. The molecule has 0 aromatic carbocycles. The van der Waals surface area contributed by atoms with Crippen LogP contribution in [0.15, 0.2) is 41.6 Å². The molecule has 0 aliphatic rings. The first kappa shape index (κ1) is 18.9. The highest BCUT2D eigenvalue weighted by molar-refractivity contribution is 6.32. The topological polar surface area (TPSA) is 88.5 Å². The fourth-order valence-corrected chi connectivity index (χ4v) is 2.52. The Morgan fingerprint density at radius 2 is 2.04 bits per heavy atom. The maximum absolute atomic E-state index is 12.6. The molecule has 0 aliphatic carbocycles. The number of H-pyrrole nitrogens is 1. The molecule has 0 spiro atoms. The van der Waals surface area contributed by atoms with Gasteiger partial charge in [0.1, 0.15) is 5.02 Å². The van der Waals surface area contributed by atoms with Crippen LogP contribution in [0.4, 0.5) is 18.9 Å². The number of pyridine rings is 1. The standard InChI is InChI=1S/C16H14ClF3N6O/c17-14-12(21-6-1-2-11-5-7-23-25-11)9-24-26(15(14)27)13-4-3-10(8-22-13)16(18,19)20/h3-5,7-9,21H,1-2,6H2,(H,23,25). The molecule has 2 N–H and O–H groups in total. The highest BCUT2D eigenvalue weighted by atomic mass is 35.5. The molecule has 3 heterocycles. The Morgan fingerprint density at radius 3 is 2.67 bits per heavy atom. The number of hydrogen-bond acceptors (Lipinski definition) is 5. The third kappa shape index (κ3) is 4.45. The second-order valence-corrected chi connectivity index (χ2v) is 5.98. The first-order chi connectivity index (χ1) is 12.9. The monoisotopic (exact) mass is 398 g/mol. The molecule has 0 amide bonds. The predicted molar refractivity (Wildman–Crippen MR) is 93.0 cm³/mol. The average Bonchev–Trinajstić information content (AvgIpc) is 3.15. The molecule has 7 nitrogen and oxygen atoms in total. The minimum Gasteiger partial charge on any atom is -0.382 e. The lowest BCUT2D eigenvalue weighted by Crippen LogP contribution is -2.24. The van der Waals surface area contributed by atoms with Crippen molar-refractivity contribution in [2.45, 2.75) is 19.0 Å². The molecule has 0 unspecified atom stereocenters. The molecule has 3 rings (SSSR count). The molecule has 142 valence electrons. The van der Waals surface area contributed by atoms with Crippen molar-refractivity contribution in [2.75, 3.05) is 11.9 Å². The van der Waals surface area contributed by atoms with Gasteiger partial charge in [-0.3, -0.25) is 9.89 Å². The summed E-state index contributed by atoms with van der Waals surface area (Å²) < 4.78 is 38.6. The van der Waals surface area contributed by atoms with Gasteiger partial charge in [-0.15, -0.1) is 0 Å². The van der Waals surface area contributed by atoms with Crippen LogP contribution < -0.4 is 10.9 Å². The number of halogens is 4. The van der Waals surface area contributed by atoms with E-state index in [-0.39, 0.29) is 10.8 Å². The van der Waals surface area contributed by atoms with Crippen molar-refractivity contribution in [1.29, 1.82) is 0 Å². The van der Waals surface area contributed by atoms with Crippen molar-refractivity contribution < 1.29 is 13.2 Å². The van der Waals surface area contributed by atoms with Crippen LogP contribution in [0.2, 0.25) is 5.02 Å². The number of aromatic nitrogens is 5. The molecule has 11 heteroatoms. The second kappa shape index (κ2) is 7.78. The number of aromatic amines is 1. The van der Waals surface area contributed by atoms with Gasteiger partial charge in [-0.2, -0.15) is 28.1 Å². The Morgan fingerprint density at radius 1 is 1.22 bits per heavy atom. The maximum atomic E-state index is 12.6. The van der Waals surface area contributed by atoms with Gasteiger partial charge in [-0.25, -0.2) is 4.98 Å². The first-order valence-corrected chi connectivity index (χ1v) is 8.27. The minimum absolute atomic E-state index is 0.0549. The van der Waals surface area contributed by atoms with Gasteiger partial charge in [-0.1, -0.05) is 11.6 Å².